The van der Waals surface area contributed by atoms with Crippen LogP contribution >= 0.6 is 0 Å². The highest BCUT2D eigenvalue weighted by molar-refractivity contribution is 5.78. The lowest BCUT2D eigenvalue weighted by molar-refractivity contribution is -0.160. The van der Waals surface area contributed by atoms with Gasteiger partial charge in [-0.3, -0.25) is 14.5 Å². The molecule has 1 fully saturated rings. The molecule has 0 aliphatic carbocycles. The molecule has 1 heterocycles. The summed E-state index contributed by atoms with van der Waals surface area (Å²) in [4.78, 5) is 35.1. The molecule has 0 aromatic carbocycles. The topological polar surface area (TPSA) is 105 Å². The van der Waals surface area contributed by atoms with E-state index in [1.807, 2.05) is 0 Å². The Morgan fingerprint density at radius 2 is 2.20 bits per heavy atom. The summed E-state index contributed by atoms with van der Waals surface area (Å²) in [7, 11) is 1.29. The third kappa shape index (κ3) is 5.98. The predicted molar refractivity (Wildman–Crippen MR) is 68.1 cm³/mol. The van der Waals surface area contributed by atoms with Crippen molar-refractivity contribution in [1.29, 1.82) is 0 Å². The summed E-state index contributed by atoms with van der Waals surface area (Å²) in [6, 6.07) is 0. The second-order valence-corrected chi connectivity index (χ2v) is 4.46. The second kappa shape index (κ2) is 8.49. The molecule has 8 heteroatoms. The number of carbonyl (C=O) groups excluding carboxylic acids is 2. The van der Waals surface area contributed by atoms with Crippen molar-refractivity contribution in [2.75, 3.05) is 39.9 Å². The number of carboxylic acids is 1. The van der Waals surface area contributed by atoms with Crippen LogP contribution in [-0.4, -0.2) is 73.9 Å². The first-order valence-corrected chi connectivity index (χ1v) is 6.43. The Bertz CT molecular complexity index is 360. The van der Waals surface area contributed by atoms with E-state index in [4.69, 9.17) is 9.84 Å². The molecule has 1 unspecified atom stereocenters. The van der Waals surface area contributed by atoms with Crippen LogP contribution in [0.5, 0.6) is 0 Å². The molecule has 0 saturated carbocycles. The first-order chi connectivity index (χ1) is 9.52. The Labute approximate surface area is 117 Å². The van der Waals surface area contributed by atoms with Gasteiger partial charge < -0.3 is 19.9 Å². The highest BCUT2D eigenvalue weighted by Crippen LogP contribution is 2.06. The first kappa shape index (κ1) is 16.4. The van der Waals surface area contributed by atoms with E-state index in [1.165, 1.54) is 7.11 Å². The van der Waals surface area contributed by atoms with Crippen molar-refractivity contribution in [2.24, 2.45) is 0 Å². The molecule has 1 amide bonds. The third-order valence-corrected chi connectivity index (χ3v) is 2.87. The van der Waals surface area contributed by atoms with Gasteiger partial charge in [0, 0.05) is 26.1 Å². The molecule has 0 bridgehead atoms. The van der Waals surface area contributed by atoms with Gasteiger partial charge in [0.1, 0.15) is 0 Å². The summed E-state index contributed by atoms with van der Waals surface area (Å²) < 4.78 is 9.85. The third-order valence-electron chi connectivity index (χ3n) is 2.87. The number of hydrogen-bond donors (Lipinski definition) is 2. The van der Waals surface area contributed by atoms with E-state index in [0.717, 1.165) is 0 Å². The number of methoxy groups -OCH3 is 1. The molecule has 1 aliphatic heterocycles. The second-order valence-electron chi connectivity index (χ2n) is 4.46. The maximum atomic E-state index is 11.6. The summed E-state index contributed by atoms with van der Waals surface area (Å²) in [6.45, 7) is 1.73. The van der Waals surface area contributed by atoms with Crippen molar-refractivity contribution >= 4 is 17.8 Å². The van der Waals surface area contributed by atoms with Crippen LogP contribution in [0.25, 0.3) is 0 Å². The summed E-state index contributed by atoms with van der Waals surface area (Å²) in [5.41, 5.74) is 0. The summed E-state index contributed by atoms with van der Waals surface area (Å²) >= 11 is 0. The highest BCUT2D eigenvalue weighted by Gasteiger charge is 2.28. The van der Waals surface area contributed by atoms with E-state index in [-0.39, 0.29) is 18.9 Å². The molecule has 1 atom stereocenters. The van der Waals surface area contributed by atoms with Gasteiger partial charge in [-0.25, -0.2) is 4.79 Å². The number of carbonyl (C=O) groups is 3. The Morgan fingerprint density at radius 3 is 2.85 bits per heavy atom. The fraction of sp³-hybridized carbons (Fsp3) is 0.750. The number of carboxylic acid groups (broad SMARTS) is 1. The van der Waals surface area contributed by atoms with E-state index < -0.39 is 18.0 Å². The molecule has 1 aliphatic rings. The number of hydrogen-bond acceptors (Lipinski definition) is 6. The summed E-state index contributed by atoms with van der Waals surface area (Å²) in [5.74, 6) is -1.52. The van der Waals surface area contributed by atoms with Crippen molar-refractivity contribution in [1.82, 2.24) is 10.2 Å². The number of aliphatic carboxylic acids is 1. The quantitative estimate of drug-likeness (QED) is 0.450. The van der Waals surface area contributed by atoms with Crippen LogP contribution < -0.4 is 5.32 Å². The van der Waals surface area contributed by atoms with Gasteiger partial charge in [-0.15, -0.1) is 0 Å². The minimum Gasteiger partial charge on any atom is -0.481 e. The van der Waals surface area contributed by atoms with Gasteiger partial charge in [-0.2, -0.15) is 0 Å². The molecule has 0 aromatic rings. The van der Waals surface area contributed by atoms with Crippen LogP contribution in [0.3, 0.4) is 0 Å². The summed E-state index contributed by atoms with van der Waals surface area (Å²) in [6.07, 6.45) is -0.231. The molecule has 20 heavy (non-hydrogen) atoms. The van der Waals surface area contributed by atoms with Crippen molar-refractivity contribution in [3.05, 3.63) is 0 Å². The van der Waals surface area contributed by atoms with E-state index in [2.05, 4.69) is 10.1 Å². The van der Waals surface area contributed by atoms with Crippen LogP contribution in [0.1, 0.15) is 12.8 Å². The summed E-state index contributed by atoms with van der Waals surface area (Å²) in [5, 5.41) is 11.1. The van der Waals surface area contributed by atoms with Gasteiger partial charge >= 0.3 is 11.9 Å². The van der Waals surface area contributed by atoms with E-state index in [1.54, 1.807) is 4.90 Å². The average Bonchev–Trinajstić information content (AvgIpc) is 2.43. The van der Waals surface area contributed by atoms with Crippen molar-refractivity contribution < 1.29 is 29.0 Å². The van der Waals surface area contributed by atoms with Gasteiger partial charge in [-0.1, -0.05) is 0 Å². The number of rotatable bonds is 7. The van der Waals surface area contributed by atoms with Crippen LogP contribution in [0, 0.1) is 0 Å². The fourth-order valence-corrected chi connectivity index (χ4v) is 1.85. The predicted octanol–water partition coefficient (Wildman–Crippen LogP) is -1.16. The smallest absolute Gasteiger partial charge is 0.336 e. The van der Waals surface area contributed by atoms with Gasteiger partial charge in [0.2, 0.25) is 5.91 Å². The molecule has 1 rings (SSSR count). The Morgan fingerprint density at radius 1 is 1.45 bits per heavy atom. The molecule has 114 valence electrons. The number of amides is 1. The molecule has 8 nitrogen and oxygen atoms in total. The lowest BCUT2D eigenvalue weighted by Gasteiger charge is -2.30. The van der Waals surface area contributed by atoms with Crippen molar-refractivity contribution in [2.45, 2.75) is 18.9 Å². The van der Waals surface area contributed by atoms with E-state index in [9.17, 15) is 14.4 Å². The maximum absolute atomic E-state index is 11.6. The fourth-order valence-electron chi connectivity index (χ4n) is 1.85. The zero-order chi connectivity index (χ0) is 15.0. The van der Waals surface area contributed by atoms with Crippen LogP contribution in [0.2, 0.25) is 0 Å². The number of ether oxygens (including phenoxy) is 2. The van der Waals surface area contributed by atoms with Crippen LogP contribution in [-0.2, 0) is 23.9 Å². The molecule has 0 spiro atoms. The largest absolute Gasteiger partial charge is 0.481 e. The highest BCUT2D eigenvalue weighted by atomic mass is 16.6. The van der Waals surface area contributed by atoms with Crippen molar-refractivity contribution in [3.8, 4) is 0 Å². The van der Waals surface area contributed by atoms with Gasteiger partial charge in [0.25, 0.3) is 0 Å². The van der Waals surface area contributed by atoms with E-state index >= 15 is 0 Å². The first-order valence-electron chi connectivity index (χ1n) is 6.43. The van der Waals surface area contributed by atoms with Crippen LogP contribution in [0.4, 0.5) is 0 Å². The maximum Gasteiger partial charge on any atom is 0.336 e. The standard InChI is InChI=1S/C12H20N2O6/c1-19-12(18)9-7-14(5-6-20-9)8-10(15)13-4-2-3-11(16)17/h9H,2-8H2,1H3,(H,13,15)(H,16,17). The normalized spacial score (nSPS) is 19.4. The Kier molecular flexibility index (Phi) is 6.96. The lowest BCUT2D eigenvalue weighted by Crippen LogP contribution is -2.49. The molecule has 2 N–H and O–H groups in total. The average molecular weight is 288 g/mol. The Hall–Kier alpha value is -1.67. The zero-order valence-corrected chi connectivity index (χ0v) is 11.5. The molecular weight excluding hydrogens is 268 g/mol. The number of morpholine rings is 1. The molecular formula is C12H20N2O6. The number of nitrogens with zero attached hydrogens (tertiary/aromatic N) is 1. The van der Waals surface area contributed by atoms with E-state index in [0.29, 0.717) is 32.7 Å². The van der Waals surface area contributed by atoms with Crippen LogP contribution in [0.15, 0.2) is 0 Å². The molecule has 0 aromatic heterocycles. The lowest BCUT2D eigenvalue weighted by atomic mass is 10.2. The number of nitrogens with one attached hydrogen (secondary N) is 1. The SMILES string of the molecule is COC(=O)C1CN(CC(=O)NCCCC(=O)O)CCO1. The molecule has 0 radical (unpaired) electrons. The van der Waals surface area contributed by atoms with Gasteiger partial charge in [0.05, 0.1) is 20.3 Å². The number of esters is 1. The van der Waals surface area contributed by atoms with Gasteiger partial charge in [0.15, 0.2) is 6.10 Å². The molecule has 1 saturated heterocycles. The minimum atomic E-state index is -0.881. The zero-order valence-electron chi connectivity index (χ0n) is 11.5. The monoisotopic (exact) mass is 288 g/mol. The van der Waals surface area contributed by atoms with Gasteiger partial charge in [-0.05, 0) is 6.42 Å². The van der Waals surface area contributed by atoms with Crippen molar-refractivity contribution in [3.63, 3.8) is 0 Å². The Balaban J connectivity index is 2.24. The minimum absolute atomic E-state index is 0.0300.